The quantitative estimate of drug-likeness (QED) is 0.791. The number of nitrogens with one attached hydrogen (secondary N) is 1. The molecule has 0 fully saturated rings. The van der Waals surface area contributed by atoms with Crippen molar-refractivity contribution in [3.8, 4) is 11.3 Å². The highest BCUT2D eigenvalue weighted by Crippen LogP contribution is 2.25. The molecule has 4 heteroatoms. The highest BCUT2D eigenvalue weighted by atomic mass is 16.5. The van der Waals surface area contributed by atoms with E-state index in [2.05, 4.69) is 36.3 Å². The molecule has 2 aromatic rings. The van der Waals surface area contributed by atoms with Gasteiger partial charge in [0.2, 0.25) is 0 Å². The van der Waals surface area contributed by atoms with Crippen LogP contribution in [-0.4, -0.2) is 30.2 Å². The van der Waals surface area contributed by atoms with E-state index in [-0.39, 0.29) is 0 Å². The maximum Gasteiger partial charge on any atom is 0.133 e. The summed E-state index contributed by atoms with van der Waals surface area (Å²) in [5.41, 5.74) is 3.23. The molecule has 0 atom stereocenters. The second-order valence-corrected chi connectivity index (χ2v) is 4.95. The van der Waals surface area contributed by atoms with Gasteiger partial charge in [-0.15, -0.1) is 0 Å². The Morgan fingerprint density at radius 3 is 2.57 bits per heavy atom. The molecule has 4 nitrogen and oxygen atoms in total. The van der Waals surface area contributed by atoms with Crippen LogP contribution in [-0.2, 0) is 11.2 Å². The van der Waals surface area contributed by atoms with E-state index in [0.29, 0.717) is 0 Å². The van der Waals surface area contributed by atoms with Crippen LogP contribution in [0, 0.1) is 6.92 Å². The van der Waals surface area contributed by atoms with Gasteiger partial charge in [0.1, 0.15) is 11.6 Å². The molecular formula is C17H23N3O. The Bertz CT molecular complexity index is 570. The van der Waals surface area contributed by atoms with Crippen LogP contribution in [0.4, 0.5) is 5.82 Å². The first-order valence-corrected chi connectivity index (χ1v) is 7.42. The fraction of sp³-hybridized carbons (Fsp3) is 0.412. The van der Waals surface area contributed by atoms with Crippen LogP contribution < -0.4 is 5.32 Å². The van der Waals surface area contributed by atoms with Crippen LogP contribution in [0.5, 0.6) is 0 Å². The third-order valence-corrected chi connectivity index (χ3v) is 3.33. The first kappa shape index (κ1) is 15.4. The summed E-state index contributed by atoms with van der Waals surface area (Å²) in [5, 5.41) is 3.33. The molecule has 0 bridgehead atoms. The number of hydrogen-bond acceptors (Lipinski definition) is 4. The number of ether oxygens (including phenoxy) is 1. The fourth-order valence-corrected chi connectivity index (χ4v) is 2.27. The number of aryl methyl sites for hydroxylation is 1. The van der Waals surface area contributed by atoms with Crippen LogP contribution in [0.2, 0.25) is 0 Å². The smallest absolute Gasteiger partial charge is 0.133 e. The maximum absolute atomic E-state index is 5.11. The molecule has 0 aliphatic rings. The molecule has 1 N–H and O–H groups in total. The maximum atomic E-state index is 5.11. The van der Waals surface area contributed by atoms with Crippen molar-refractivity contribution in [3.63, 3.8) is 0 Å². The number of anilines is 1. The van der Waals surface area contributed by atoms with Gasteiger partial charge in [0.25, 0.3) is 0 Å². The van der Waals surface area contributed by atoms with Gasteiger partial charge < -0.3 is 10.1 Å². The van der Waals surface area contributed by atoms with E-state index < -0.39 is 0 Å². The van der Waals surface area contributed by atoms with Gasteiger partial charge in [0.15, 0.2) is 0 Å². The third-order valence-electron chi connectivity index (χ3n) is 3.33. The molecule has 1 aromatic heterocycles. The van der Waals surface area contributed by atoms with Crippen molar-refractivity contribution >= 4 is 5.82 Å². The van der Waals surface area contributed by atoms with Crippen molar-refractivity contribution in [2.75, 3.05) is 25.6 Å². The normalized spacial score (nSPS) is 10.6. The van der Waals surface area contributed by atoms with E-state index in [1.165, 1.54) is 0 Å². The average Bonchev–Trinajstić information content (AvgIpc) is 2.51. The Balaban J connectivity index is 2.37. The lowest BCUT2D eigenvalue weighted by Crippen LogP contribution is -2.08. The van der Waals surface area contributed by atoms with Gasteiger partial charge in [-0.2, -0.15) is 0 Å². The largest absolute Gasteiger partial charge is 0.385 e. The second-order valence-electron chi connectivity index (χ2n) is 4.95. The second kappa shape index (κ2) is 7.74. The summed E-state index contributed by atoms with van der Waals surface area (Å²) in [6.07, 6.45) is 1.76. The summed E-state index contributed by atoms with van der Waals surface area (Å²) >= 11 is 0. The molecule has 2 rings (SSSR count). The van der Waals surface area contributed by atoms with Gasteiger partial charge in [-0.3, -0.25) is 0 Å². The van der Waals surface area contributed by atoms with E-state index >= 15 is 0 Å². The Hall–Kier alpha value is -1.94. The van der Waals surface area contributed by atoms with Crippen LogP contribution in [0.25, 0.3) is 11.3 Å². The number of benzene rings is 1. The number of methoxy groups -OCH3 is 1. The number of aromatic nitrogens is 2. The van der Waals surface area contributed by atoms with Gasteiger partial charge in [-0.05, 0) is 20.3 Å². The molecule has 1 aromatic carbocycles. The predicted molar refractivity (Wildman–Crippen MR) is 86.6 cm³/mol. The van der Waals surface area contributed by atoms with Crippen LogP contribution >= 0.6 is 0 Å². The van der Waals surface area contributed by atoms with Crippen LogP contribution in [0.15, 0.2) is 30.3 Å². The number of hydrogen-bond donors (Lipinski definition) is 1. The van der Waals surface area contributed by atoms with Crippen molar-refractivity contribution in [2.45, 2.75) is 26.7 Å². The fourth-order valence-electron chi connectivity index (χ4n) is 2.27. The van der Waals surface area contributed by atoms with E-state index in [0.717, 1.165) is 54.5 Å². The zero-order valence-electron chi connectivity index (χ0n) is 13.0. The molecule has 0 saturated heterocycles. The molecule has 0 saturated carbocycles. The van der Waals surface area contributed by atoms with Crippen molar-refractivity contribution in [3.05, 3.63) is 41.7 Å². The molecular weight excluding hydrogens is 262 g/mol. The Morgan fingerprint density at radius 1 is 1.14 bits per heavy atom. The third kappa shape index (κ3) is 4.02. The van der Waals surface area contributed by atoms with Crippen LogP contribution in [0.1, 0.15) is 24.7 Å². The first-order chi connectivity index (χ1) is 10.3. The summed E-state index contributed by atoms with van der Waals surface area (Å²) in [7, 11) is 1.72. The summed E-state index contributed by atoms with van der Waals surface area (Å²) in [6.45, 7) is 5.73. The van der Waals surface area contributed by atoms with Gasteiger partial charge >= 0.3 is 0 Å². The molecule has 21 heavy (non-hydrogen) atoms. The molecule has 0 unspecified atom stereocenters. The SMILES string of the molecule is CCNc1nc(CCCOC)nc(-c2ccccc2)c1C. The van der Waals surface area contributed by atoms with Crippen LogP contribution in [0.3, 0.4) is 0 Å². The molecule has 1 heterocycles. The highest BCUT2D eigenvalue weighted by Gasteiger charge is 2.12. The monoisotopic (exact) mass is 285 g/mol. The summed E-state index contributed by atoms with van der Waals surface area (Å²) in [4.78, 5) is 9.39. The topological polar surface area (TPSA) is 47.0 Å². The molecule has 0 radical (unpaired) electrons. The molecule has 112 valence electrons. The number of rotatable bonds is 7. The molecule has 0 aliphatic heterocycles. The lowest BCUT2D eigenvalue weighted by molar-refractivity contribution is 0.194. The summed E-state index contributed by atoms with van der Waals surface area (Å²) in [6, 6.07) is 10.3. The van der Waals surface area contributed by atoms with Gasteiger partial charge in [-0.1, -0.05) is 30.3 Å². The van der Waals surface area contributed by atoms with Crippen molar-refractivity contribution in [1.29, 1.82) is 0 Å². The highest BCUT2D eigenvalue weighted by molar-refractivity contribution is 5.68. The van der Waals surface area contributed by atoms with E-state index in [1.807, 2.05) is 18.2 Å². The zero-order chi connectivity index (χ0) is 15.1. The number of nitrogens with zero attached hydrogens (tertiary/aromatic N) is 2. The van der Waals surface area contributed by atoms with Gasteiger partial charge in [0.05, 0.1) is 5.69 Å². The lowest BCUT2D eigenvalue weighted by atomic mass is 10.1. The van der Waals surface area contributed by atoms with Gasteiger partial charge in [0, 0.05) is 37.8 Å². The van der Waals surface area contributed by atoms with Gasteiger partial charge in [-0.25, -0.2) is 9.97 Å². The summed E-state index contributed by atoms with van der Waals surface area (Å²) < 4.78 is 5.11. The standard InChI is InChI=1S/C17H23N3O/c1-4-18-17-13(2)16(14-9-6-5-7-10-14)19-15(20-17)11-8-12-21-3/h5-7,9-10H,4,8,11-12H2,1-3H3,(H,18,19,20). The molecule has 0 aliphatic carbocycles. The van der Waals surface area contributed by atoms with E-state index in [4.69, 9.17) is 9.72 Å². The minimum atomic E-state index is 0.731. The lowest BCUT2D eigenvalue weighted by Gasteiger charge is -2.13. The minimum Gasteiger partial charge on any atom is -0.385 e. The minimum absolute atomic E-state index is 0.731. The summed E-state index contributed by atoms with van der Waals surface area (Å²) in [5.74, 6) is 1.80. The Morgan fingerprint density at radius 2 is 1.90 bits per heavy atom. The predicted octanol–water partition coefficient (Wildman–Crippen LogP) is 3.46. The Labute approximate surface area is 126 Å². The van der Waals surface area contributed by atoms with E-state index in [9.17, 15) is 0 Å². The zero-order valence-corrected chi connectivity index (χ0v) is 13.0. The van der Waals surface area contributed by atoms with Crippen molar-refractivity contribution in [2.24, 2.45) is 0 Å². The van der Waals surface area contributed by atoms with Crippen molar-refractivity contribution in [1.82, 2.24) is 9.97 Å². The van der Waals surface area contributed by atoms with E-state index in [1.54, 1.807) is 7.11 Å². The Kier molecular flexibility index (Phi) is 5.69. The average molecular weight is 285 g/mol. The molecule has 0 amide bonds. The first-order valence-electron chi connectivity index (χ1n) is 7.42. The molecule has 0 spiro atoms. The van der Waals surface area contributed by atoms with Crippen molar-refractivity contribution < 1.29 is 4.74 Å².